The molecule has 32 heavy (non-hydrogen) atoms. The summed E-state index contributed by atoms with van der Waals surface area (Å²) in [6, 6.07) is 6.91. The van der Waals surface area contributed by atoms with Crippen LogP contribution < -0.4 is 5.32 Å². The molecule has 1 aliphatic heterocycles. The highest BCUT2D eigenvalue weighted by atomic mass is 16.5. The van der Waals surface area contributed by atoms with Crippen LogP contribution in [0.5, 0.6) is 0 Å². The Morgan fingerprint density at radius 2 is 1.78 bits per heavy atom. The van der Waals surface area contributed by atoms with Crippen molar-refractivity contribution in [1.82, 2.24) is 5.32 Å². The van der Waals surface area contributed by atoms with Crippen molar-refractivity contribution in [2.24, 2.45) is 5.41 Å². The summed E-state index contributed by atoms with van der Waals surface area (Å²) in [7, 11) is 1.33. The fraction of sp³-hybridized carbons (Fsp3) is 0.500. The second-order valence-electron chi connectivity index (χ2n) is 9.39. The number of hydrogen-bond acceptors (Lipinski definition) is 6. The van der Waals surface area contributed by atoms with Crippen molar-refractivity contribution in [1.29, 1.82) is 0 Å². The zero-order chi connectivity index (χ0) is 23.5. The number of nitrogens with one attached hydrogen (secondary N) is 1. The smallest absolute Gasteiger partial charge is 0.337 e. The van der Waals surface area contributed by atoms with E-state index in [1.807, 2.05) is 6.92 Å². The van der Waals surface area contributed by atoms with E-state index in [0.29, 0.717) is 35.4 Å². The molecule has 2 aliphatic rings. The van der Waals surface area contributed by atoms with E-state index < -0.39 is 17.9 Å². The molecule has 1 atom stereocenters. The molecule has 6 heteroatoms. The lowest BCUT2D eigenvalue weighted by atomic mass is 9.68. The maximum atomic E-state index is 13.3. The molecule has 0 saturated heterocycles. The molecule has 1 heterocycles. The number of allylic oxidation sites excluding steroid dienone is 3. The highest BCUT2D eigenvalue weighted by Crippen LogP contribution is 2.46. The summed E-state index contributed by atoms with van der Waals surface area (Å²) in [6.07, 6.45) is 3.98. The van der Waals surface area contributed by atoms with Gasteiger partial charge in [0.25, 0.3) is 0 Å². The number of hydrogen-bond donors (Lipinski definition) is 1. The summed E-state index contributed by atoms with van der Waals surface area (Å²) in [5.74, 6) is -1.33. The van der Waals surface area contributed by atoms with Gasteiger partial charge in [0.1, 0.15) is 0 Å². The lowest BCUT2D eigenvalue weighted by molar-refractivity contribution is -0.139. The van der Waals surface area contributed by atoms with Crippen molar-refractivity contribution in [3.8, 4) is 0 Å². The Kier molecular flexibility index (Phi) is 7.22. The molecule has 0 unspecified atom stereocenters. The van der Waals surface area contributed by atoms with Crippen LogP contribution in [-0.2, 0) is 19.1 Å². The molecule has 1 aromatic carbocycles. The Hall–Kier alpha value is -2.89. The quantitative estimate of drug-likeness (QED) is 0.485. The van der Waals surface area contributed by atoms with Gasteiger partial charge in [-0.25, -0.2) is 9.59 Å². The molecule has 0 aromatic heterocycles. The van der Waals surface area contributed by atoms with Crippen LogP contribution >= 0.6 is 0 Å². The summed E-state index contributed by atoms with van der Waals surface area (Å²) in [5.41, 5.74) is 3.70. The first-order chi connectivity index (χ1) is 15.2. The summed E-state index contributed by atoms with van der Waals surface area (Å²) < 4.78 is 10.4. The van der Waals surface area contributed by atoms with Gasteiger partial charge >= 0.3 is 11.9 Å². The predicted octanol–water partition coefficient (Wildman–Crippen LogP) is 4.81. The standard InChI is InChI=1S/C26H33NO5/c1-6-7-8-13-32-25(30)21-16(2)27-19-14-26(3,4)15-20(28)23(19)22(21)17-9-11-18(12-10-17)24(29)31-5/h9-12,22,27H,6-8,13-15H2,1-5H3/t22-/m0/s1. The third kappa shape index (κ3) is 4.95. The van der Waals surface area contributed by atoms with Crippen molar-refractivity contribution in [3.05, 3.63) is 57.9 Å². The number of carbonyl (C=O) groups is 3. The largest absolute Gasteiger partial charge is 0.465 e. The molecule has 1 aliphatic carbocycles. The molecule has 0 amide bonds. The molecule has 0 radical (unpaired) electrons. The van der Waals surface area contributed by atoms with E-state index in [1.54, 1.807) is 24.3 Å². The maximum Gasteiger partial charge on any atom is 0.337 e. The van der Waals surface area contributed by atoms with E-state index in [4.69, 9.17) is 9.47 Å². The topological polar surface area (TPSA) is 81.7 Å². The summed E-state index contributed by atoms with van der Waals surface area (Å²) in [4.78, 5) is 38.3. The number of Topliss-reactive ketones (excluding diaryl/α,β-unsaturated/α-hetero) is 1. The minimum Gasteiger partial charge on any atom is -0.465 e. The number of ketones is 1. The zero-order valence-corrected chi connectivity index (χ0v) is 19.7. The van der Waals surface area contributed by atoms with Crippen molar-refractivity contribution in [2.75, 3.05) is 13.7 Å². The minimum absolute atomic E-state index is 0.0366. The van der Waals surface area contributed by atoms with Gasteiger partial charge in [-0.3, -0.25) is 4.79 Å². The number of benzene rings is 1. The van der Waals surface area contributed by atoms with Gasteiger partial charge in [-0.1, -0.05) is 45.7 Å². The van der Waals surface area contributed by atoms with Gasteiger partial charge in [0.05, 0.1) is 24.9 Å². The first-order valence-electron chi connectivity index (χ1n) is 11.3. The van der Waals surface area contributed by atoms with Crippen molar-refractivity contribution in [3.63, 3.8) is 0 Å². The highest BCUT2D eigenvalue weighted by molar-refractivity contribution is 6.04. The zero-order valence-electron chi connectivity index (χ0n) is 19.7. The monoisotopic (exact) mass is 439 g/mol. The number of unbranched alkanes of at least 4 members (excludes halogenated alkanes) is 2. The van der Waals surface area contributed by atoms with Gasteiger partial charge in [0, 0.05) is 29.3 Å². The molecule has 172 valence electrons. The predicted molar refractivity (Wildman–Crippen MR) is 122 cm³/mol. The number of ether oxygens (including phenoxy) is 2. The average molecular weight is 440 g/mol. The SMILES string of the molecule is CCCCCOC(=O)C1=C(C)NC2=C(C(=O)CC(C)(C)C2)[C@H]1c1ccc(C(=O)OC)cc1. The van der Waals surface area contributed by atoms with E-state index in [2.05, 4.69) is 26.1 Å². The second kappa shape index (κ2) is 9.72. The Labute approximate surface area is 190 Å². The van der Waals surface area contributed by atoms with Gasteiger partial charge in [0.15, 0.2) is 5.78 Å². The molecule has 6 nitrogen and oxygen atoms in total. The number of carbonyl (C=O) groups excluding carboxylic acids is 3. The van der Waals surface area contributed by atoms with Crippen LogP contribution in [0.15, 0.2) is 46.8 Å². The molecule has 0 fully saturated rings. The number of methoxy groups -OCH3 is 1. The lowest BCUT2D eigenvalue weighted by Gasteiger charge is -2.39. The van der Waals surface area contributed by atoms with E-state index in [-0.39, 0.29) is 11.2 Å². The van der Waals surface area contributed by atoms with Gasteiger partial charge in [-0.2, -0.15) is 0 Å². The fourth-order valence-corrected chi connectivity index (χ4v) is 4.56. The van der Waals surface area contributed by atoms with Crippen LogP contribution in [0.2, 0.25) is 0 Å². The summed E-state index contributed by atoms with van der Waals surface area (Å²) in [6.45, 7) is 8.45. The second-order valence-corrected chi connectivity index (χ2v) is 9.39. The Morgan fingerprint density at radius 1 is 1.09 bits per heavy atom. The lowest BCUT2D eigenvalue weighted by Crippen LogP contribution is -2.38. The Bertz CT molecular complexity index is 968. The minimum atomic E-state index is -0.528. The first-order valence-corrected chi connectivity index (χ1v) is 11.3. The fourth-order valence-electron chi connectivity index (χ4n) is 4.56. The van der Waals surface area contributed by atoms with E-state index >= 15 is 0 Å². The maximum absolute atomic E-state index is 13.3. The molecular formula is C26H33NO5. The van der Waals surface area contributed by atoms with Crippen LogP contribution in [0.4, 0.5) is 0 Å². The third-order valence-electron chi connectivity index (χ3n) is 6.11. The van der Waals surface area contributed by atoms with Crippen molar-refractivity contribution >= 4 is 17.7 Å². The number of dihydropyridines is 1. The van der Waals surface area contributed by atoms with E-state index in [9.17, 15) is 14.4 Å². The Balaban J connectivity index is 2.03. The number of esters is 2. The highest BCUT2D eigenvalue weighted by Gasteiger charge is 2.43. The first kappa shape index (κ1) is 23.8. The third-order valence-corrected chi connectivity index (χ3v) is 6.11. The Morgan fingerprint density at radius 3 is 2.41 bits per heavy atom. The molecule has 1 aromatic rings. The van der Waals surface area contributed by atoms with E-state index in [1.165, 1.54) is 7.11 Å². The van der Waals surface area contributed by atoms with Gasteiger partial charge in [-0.05, 0) is 42.9 Å². The normalized spacial score (nSPS) is 19.9. The van der Waals surface area contributed by atoms with Gasteiger partial charge < -0.3 is 14.8 Å². The average Bonchev–Trinajstić information content (AvgIpc) is 2.74. The summed E-state index contributed by atoms with van der Waals surface area (Å²) >= 11 is 0. The van der Waals surface area contributed by atoms with Crippen LogP contribution in [0.25, 0.3) is 0 Å². The van der Waals surface area contributed by atoms with Crippen molar-refractivity contribution in [2.45, 2.75) is 65.7 Å². The molecule has 0 spiro atoms. The van der Waals surface area contributed by atoms with Crippen LogP contribution in [-0.4, -0.2) is 31.4 Å². The van der Waals surface area contributed by atoms with Crippen LogP contribution in [0, 0.1) is 5.41 Å². The van der Waals surface area contributed by atoms with Crippen LogP contribution in [0.1, 0.15) is 81.6 Å². The molecule has 0 bridgehead atoms. The van der Waals surface area contributed by atoms with Gasteiger partial charge in [0.2, 0.25) is 0 Å². The molecule has 0 saturated carbocycles. The number of rotatable bonds is 7. The molecular weight excluding hydrogens is 406 g/mol. The van der Waals surface area contributed by atoms with Crippen LogP contribution in [0.3, 0.4) is 0 Å². The van der Waals surface area contributed by atoms with E-state index in [0.717, 1.165) is 36.9 Å². The van der Waals surface area contributed by atoms with Gasteiger partial charge in [-0.15, -0.1) is 0 Å². The van der Waals surface area contributed by atoms with Crippen molar-refractivity contribution < 1.29 is 23.9 Å². The summed E-state index contributed by atoms with van der Waals surface area (Å²) in [5, 5.41) is 3.34. The molecule has 3 rings (SSSR count). The molecule has 1 N–H and O–H groups in total.